The van der Waals surface area contributed by atoms with Crippen LogP contribution in [0.1, 0.15) is 12.8 Å². The number of carbonyl (C=O) groups excluding carboxylic acids is 2. The standard InChI is InChI=1S/C16H30N2O5Si/c1-7-15(19)17(3)11-9-12-18(16(20)8-2)13-10-14-24(21-4,22-5)23-6/h7-8H,1-2,9-14H2,3-6H3. The number of amides is 2. The lowest BCUT2D eigenvalue weighted by Gasteiger charge is -2.27. The molecule has 0 bridgehead atoms. The van der Waals surface area contributed by atoms with Gasteiger partial charge in [0.15, 0.2) is 0 Å². The van der Waals surface area contributed by atoms with E-state index in [1.54, 1.807) is 38.2 Å². The molecular formula is C16H30N2O5Si. The van der Waals surface area contributed by atoms with Crippen molar-refractivity contribution in [3.8, 4) is 0 Å². The van der Waals surface area contributed by atoms with E-state index in [0.717, 1.165) is 0 Å². The maximum Gasteiger partial charge on any atom is 0.500 e. The van der Waals surface area contributed by atoms with Gasteiger partial charge in [-0.2, -0.15) is 0 Å². The fourth-order valence-corrected chi connectivity index (χ4v) is 3.97. The Balaban J connectivity index is 4.48. The third-order valence-electron chi connectivity index (χ3n) is 3.80. The van der Waals surface area contributed by atoms with Crippen LogP contribution in [0.3, 0.4) is 0 Å². The molecule has 0 spiro atoms. The van der Waals surface area contributed by atoms with E-state index in [9.17, 15) is 9.59 Å². The van der Waals surface area contributed by atoms with Crippen LogP contribution >= 0.6 is 0 Å². The van der Waals surface area contributed by atoms with Crippen LogP contribution in [0.2, 0.25) is 6.04 Å². The van der Waals surface area contributed by atoms with E-state index < -0.39 is 8.80 Å². The summed E-state index contributed by atoms with van der Waals surface area (Å²) in [4.78, 5) is 26.7. The Hall–Kier alpha value is -1.48. The molecule has 0 aliphatic carbocycles. The molecule has 0 aliphatic rings. The normalized spacial score (nSPS) is 11.0. The first-order valence-corrected chi connectivity index (χ1v) is 9.77. The Morgan fingerprint density at radius 1 is 0.917 bits per heavy atom. The highest BCUT2D eigenvalue weighted by Crippen LogP contribution is 2.15. The third-order valence-corrected chi connectivity index (χ3v) is 6.63. The van der Waals surface area contributed by atoms with Gasteiger partial charge in [-0.15, -0.1) is 0 Å². The van der Waals surface area contributed by atoms with Gasteiger partial charge in [0.05, 0.1) is 0 Å². The van der Waals surface area contributed by atoms with Gasteiger partial charge in [0.25, 0.3) is 0 Å². The van der Waals surface area contributed by atoms with Crippen LogP contribution in [0.5, 0.6) is 0 Å². The Labute approximate surface area is 146 Å². The van der Waals surface area contributed by atoms with Gasteiger partial charge >= 0.3 is 8.80 Å². The average Bonchev–Trinajstić information content (AvgIpc) is 2.62. The Morgan fingerprint density at radius 3 is 1.88 bits per heavy atom. The largest absolute Gasteiger partial charge is 0.500 e. The zero-order chi connectivity index (χ0) is 18.6. The van der Waals surface area contributed by atoms with Gasteiger partial charge in [-0.1, -0.05) is 13.2 Å². The molecule has 0 aromatic carbocycles. The number of hydrogen-bond acceptors (Lipinski definition) is 5. The van der Waals surface area contributed by atoms with Crippen molar-refractivity contribution in [1.82, 2.24) is 9.80 Å². The van der Waals surface area contributed by atoms with Crippen LogP contribution in [0.15, 0.2) is 25.3 Å². The van der Waals surface area contributed by atoms with E-state index in [4.69, 9.17) is 13.3 Å². The summed E-state index contributed by atoms with van der Waals surface area (Å²) in [5, 5.41) is 0. The summed E-state index contributed by atoms with van der Waals surface area (Å²) in [6.45, 7) is 8.64. The molecular weight excluding hydrogens is 328 g/mol. The van der Waals surface area contributed by atoms with E-state index >= 15 is 0 Å². The summed E-state index contributed by atoms with van der Waals surface area (Å²) in [7, 11) is 3.79. The minimum atomic E-state index is -2.63. The first-order chi connectivity index (χ1) is 11.4. The molecule has 0 saturated heterocycles. The van der Waals surface area contributed by atoms with Crippen molar-refractivity contribution in [3.05, 3.63) is 25.3 Å². The molecule has 0 heterocycles. The minimum absolute atomic E-state index is 0.132. The molecule has 0 unspecified atom stereocenters. The van der Waals surface area contributed by atoms with Gasteiger partial charge in [0.1, 0.15) is 0 Å². The van der Waals surface area contributed by atoms with Crippen molar-refractivity contribution in [2.45, 2.75) is 18.9 Å². The average molecular weight is 359 g/mol. The molecule has 0 fully saturated rings. The van der Waals surface area contributed by atoms with Crippen LogP contribution in [0.25, 0.3) is 0 Å². The molecule has 7 nitrogen and oxygen atoms in total. The summed E-state index contributed by atoms with van der Waals surface area (Å²) < 4.78 is 16.1. The molecule has 0 rings (SSSR count). The second-order valence-corrected chi connectivity index (χ2v) is 8.34. The molecule has 0 saturated carbocycles. The maximum atomic E-state index is 12.0. The van der Waals surface area contributed by atoms with Gasteiger partial charge in [-0.25, -0.2) is 0 Å². The first kappa shape index (κ1) is 22.5. The molecule has 138 valence electrons. The predicted octanol–water partition coefficient (Wildman–Crippen LogP) is 1.30. The van der Waals surface area contributed by atoms with E-state index in [-0.39, 0.29) is 11.8 Å². The van der Waals surface area contributed by atoms with Gasteiger partial charge in [0.2, 0.25) is 11.8 Å². The Morgan fingerprint density at radius 2 is 1.42 bits per heavy atom. The SMILES string of the molecule is C=CC(=O)N(C)CCCN(CCC[Si](OC)(OC)OC)C(=O)C=C. The molecule has 8 heteroatoms. The second kappa shape index (κ2) is 12.0. The van der Waals surface area contributed by atoms with Crippen LogP contribution < -0.4 is 0 Å². The number of likely N-dealkylation sites (N-methyl/N-ethyl adjacent to an activating group) is 1. The predicted molar refractivity (Wildman–Crippen MR) is 95.4 cm³/mol. The minimum Gasteiger partial charge on any atom is -0.377 e. The first-order valence-electron chi connectivity index (χ1n) is 7.84. The van der Waals surface area contributed by atoms with Crippen molar-refractivity contribution in [2.24, 2.45) is 0 Å². The van der Waals surface area contributed by atoms with Crippen molar-refractivity contribution in [3.63, 3.8) is 0 Å². The smallest absolute Gasteiger partial charge is 0.377 e. The molecule has 0 radical (unpaired) electrons. The monoisotopic (exact) mass is 358 g/mol. The van der Waals surface area contributed by atoms with E-state index in [1.807, 2.05) is 0 Å². The fraction of sp³-hybridized carbons (Fsp3) is 0.625. The summed E-state index contributed by atoms with van der Waals surface area (Å²) in [5.41, 5.74) is 0. The van der Waals surface area contributed by atoms with Gasteiger partial charge in [-0.3, -0.25) is 9.59 Å². The van der Waals surface area contributed by atoms with Crippen molar-refractivity contribution in [2.75, 3.05) is 48.0 Å². The molecule has 0 atom stereocenters. The fourth-order valence-electron chi connectivity index (χ4n) is 2.27. The Kier molecular flexibility index (Phi) is 11.2. The lowest BCUT2D eigenvalue weighted by atomic mass is 10.3. The van der Waals surface area contributed by atoms with Gasteiger partial charge in [-0.05, 0) is 25.0 Å². The zero-order valence-electron chi connectivity index (χ0n) is 15.2. The molecule has 0 aliphatic heterocycles. The lowest BCUT2D eigenvalue weighted by Crippen LogP contribution is -2.43. The van der Waals surface area contributed by atoms with Crippen molar-refractivity contribution >= 4 is 20.6 Å². The topological polar surface area (TPSA) is 68.3 Å². The van der Waals surface area contributed by atoms with Gasteiger partial charge < -0.3 is 23.1 Å². The third kappa shape index (κ3) is 7.39. The zero-order valence-corrected chi connectivity index (χ0v) is 16.2. The summed E-state index contributed by atoms with van der Waals surface area (Å²) in [5.74, 6) is -0.264. The quantitative estimate of drug-likeness (QED) is 0.367. The van der Waals surface area contributed by atoms with Crippen LogP contribution in [0, 0.1) is 0 Å². The summed E-state index contributed by atoms with van der Waals surface area (Å²) in [6.07, 6.45) is 3.95. The number of hydrogen-bond donors (Lipinski definition) is 0. The van der Waals surface area contributed by atoms with E-state index in [2.05, 4.69) is 13.2 Å². The highest BCUT2D eigenvalue weighted by Gasteiger charge is 2.37. The van der Waals surface area contributed by atoms with Gasteiger partial charge in [0, 0.05) is 54.1 Å². The Bertz CT molecular complexity index is 418. The van der Waals surface area contributed by atoms with Crippen LogP contribution in [-0.2, 0) is 22.9 Å². The number of carbonyl (C=O) groups is 2. The maximum absolute atomic E-state index is 12.0. The molecule has 0 aromatic rings. The van der Waals surface area contributed by atoms with Crippen LogP contribution in [0.4, 0.5) is 0 Å². The van der Waals surface area contributed by atoms with Crippen molar-refractivity contribution in [1.29, 1.82) is 0 Å². The summed E-state index contributed by atoms with van der Waals surface area (Å²) in [6, 6.07) is 0.617. The molecule has 0 N–H and O–H groups in total. The number of nitrogens with zero attached hydrogens (tertiary/aromatic N) is 2. The molecule has 0 aromatic heterocycles. The number of rotatable bonds is 13. The summed E-state index contributed by atoms with van der Waals surface area (Å²) >= 11 is 0. The van der Waals surface area contributed by atoms with E-state index in [1.165, 1.54) is 12.2 Å². The highest BCUT2D eigenvalue weighted by molar-refractivity contribution is 6.60. The lowest BCUT2D eigenvalue weighted by molar-refractivity contribution is -0.126. The second-order valence-electron chi connectivity index (χ2n) is 5.25. The highest BCUT2D eigenvalue weighted by atomic mass is 28.4. The molecule has 2 amide bonds. The molecule has 24 heavy (non-hydrogen) atoms. The van der Waals surface area contributed by atoms with Crippen molar-refractivity contribution < 1.29 is 22.9 Å². The van der Waals surface area contributed by atoms with Crippen LogP contribution in [-0.4, -0.2) is 78.4 Å². The van der Waals surface area contributed by atoms with E-state index in [0.29, 0.717) is 38.5 Å².